The van der Waals surface area contributed by atoms with E-state index in [2.05, 4.69) is 5.10 Å². The van der Waals surface area contributed by atoms with Crippen LogP contribution in [0.15, 0.2) is 42.5 Å². The van der Waals surface area contributed by atoms with Crippen LogP contribution in [-0.2, 0) is 0 Å². The molecule has 0 bridgehead atoms. The zero-order chi connectivity index (χ0) is 22.7. The number of allylic oxidation sites excluding steroid dienone is 1. The van der Waals surface area contributed by atoms with E-state index in [9.17, 15) is 35.9 Å². The molecule has 2 aromatic carbocycles. The lowest BCUT2D eigenvalue weighted by Gasteiger charge is -2.03. The van der Waals surface area contributed by atoms with Crippen LogP contribution in [-0.4, -0.2) is 24.7 Å². The molecule has 1 aromatic heterocycles. The molecule has 31 heavy (non-hydrogen) atoms. The van der Waals surface area contributed by atoms with E-state index in [-0.39, 0.29) is 28.2 Å². The van der Waals surface area contributed by atoms with Crippen molar-refractivity contribution in [3.05, 3.63) is 79.5 Å². The number of nitrogens with zero attached hydrogens (tertiary/aromatic N) is 6. The Hall–Kier alpha value is -5.23. The first-order valence-electron chi connectivity index (χ1n) is 8.40. The van der Waals surface area contributed by atoms with E-state index >= 15 is 0 Å². The molecular weight excluding hydrogens is 406 g/mol. The lowest BCUT2D eigenvalue weighted by atomic mass is 10.0. The number of para-hydroxylation sites is 1. The smallest absolute Gasteiger partial charge is 0.318 e. The van der Waals surface area contributed by atoms with Crippen molar-refractivity contribution in [3.63, 3.8) is 0 Å². The Bertz CT molecular complexity index is 1330. The van der Waals surface area contributed by atoms with Crippen molar-refractivity contribution >= 4 is 28.8 Å². The molecule has 12 nitrogen and oxygen atoms in total. The molecule has 0 aliphatic heterocycles. The van der Waals surface area contributed by atoms with Gasteiger partial charge in [0.05, 0.1) is 27.2 Å². The summed E-state index contributed by atoms with van der Waals surface area (Å²) in [5.41, 5.74) is 3.99. The monoisotopic (exact) mass is 417 g/mol. The van der Waals surface area contributed by atoms with E-state index in [1.807, 2.05) is 6.07 Å². The highest BCUT2D eigenvalue weighted by atomic mass is 16.6. The second kappa shape index (κ2) is 8.02. The minimum absolute atomic E-state index is 0.0564. The Morgan fingerprint density at radius 1 is 1.16 bits per heavy atom. The van der Waals surface area contributed by atoms with Crippen molar-refractivity contribution < 1.29 is 15.0 Å². The number of benzene rings is 2. The largest absolute Gasteiger partial charge is 0.502 e. The van der Waals surface area contributed by atoms with Crippen LogP contribution in [0.3, 0.4) is 0 Å². The number of nitro benzene ring substituents is 2. The van der Waals surface area contributed by atoms with Gasteiger partial charge in [0.2, 0.25) is 5.75 Å². The number of phenols is 1. The molecule has 0 unspecified atom stereocenters. The van der Waals surface area contributed by atoms with Crippen molar-refractivity contribution in [2.45, 2.75) is 0 Å². The molecule has 0 saturated carbocycles. The summed E-state index contributed by atoms with van der Waals surface area (Å²) in [5, 5.41) is 55.8. The summed E-state index contributed by atoms with van der Waals surface area (Å²) in [6, 6.07) is 13.6. The van der Waals surface area contributed by atoms with Gasteiger partial charge in [-0.15, -0.1) is 0 Å². The normalized spacial score (nSPS) is 10.8. The fourth-order valence-corrected chi connectivity index (χ4v) is 2.79. The highest BCUT2D eigenvalue weighted by Gasteiger charge is 2.25. The number of anilines is 1. The average molecular weight is 417 g/mol. The van der Waals surface area contributed by atoms with Gasteiger partial charge in [0.1, 0.15) is 29.2 Å². The van der Waals surface area contributed by atoms with Crippen LogP contribution in [0.4, 0.5) is 17.2 Å². The van der Waals surface area contributed by atoms with E-state index in [1.165, 1.54) is 4.68 Å². The molecule has 0 aliphatic carbocycles. The van der Waals surface area contributed by atoms with Crippen LogP contribution in [0.2, 0.25) is 0 Å². The van der Waals surface area contributed by atoms with Crippen LogP contribution in [0, 0.1) is 42.9 Å². The van der Waals surface area contributed by atoms with Gasteiger partial charge in [0.15, 0.2) is 0 Å². The SMILES string of the molecule is N#C/C(=C\c1cc([N+](=O)[O-])cc([N+](=O)[O-])c1O)c1nn(-c2ccccc2)c(N)c1C#N. The Morgan fingerprint density at radius 3 is 2.39 bits per heavy atom. The molecule has 0 amide bonds. The van der Waals surface area contributed by atoms with Gasteiger partial charge in [0.25, 0.3) is 5.69 Å². The number of non-ortho nitro benzene ring substituents is 1. The Labute approximate surface area is 173 Å². The molecule has 3 aromatic rings. The number of rotatable bonds is 5. The summed E-state index contributed by atoms with van der Waals surface area (Å²) in [6.07, 6.45) is 0.966. The number of nitro groups is 2. The van der Waals surface area contributed by atoms with Crippen LogP contribution in [0.25, 0.3) is 17.3 Å². The molecule has 0 radical (unpaired) electrons. The quantitative estimate of drug-likeness (QED) is 0.356. The average Bonchev–Trinajstić information content (AvgIpc) is 3.09. The Balaban J connectivity index is 2.25. The predicted molar refractivity (Wildman–Crippen MR) is 108 cm³/mol. The molecule has 152 valence electrons. The van der Waals surface area contributed by atoms with Gasteiger partial charge in [-0.1, -0.05) is 18.2 Å². The molecule has 12 heteroatoms. The van der Waals surface area contributed by atoms with Gasteiger partial charge in [0, 0.05) is 11.6 Å². The number of nitrogen functional groups attached to an aromatic ring is 1. The van der Waals surface area contributed by atoms with Crippen molar-refractivity contribution in [1.82, 2.24) is 9.78 Å². The summed E-state index contributed by atoms with van der Waals surface area (Å²) in [6.45, 7) is 0. The molecular formula is C19H11N7O5. The number of phenolic OH excluding ortho intramolecular Hbond substituents is 1. The van der Waals surface area contributed by atoms with Crippen molar-refractivity contribution in [2.75, 3.05) is 5.73 Å². The van der Waals surface area contributed by atoms with Gasteiger partial charge in [-0.05, 0) is 18.2 Å². The molecule has 0 atom stereocenters. The zero-order valence-corrected chi connectivity index (χ0v) is 15.5. The summed E-state index contributed by atoms with van der Waals surface area (Å²) in [5.74, 6) is -0.934. The fourth-order valence-electron chi connectivity index (χ4n) is 2.79. The number of aromatic nitrogens is 2. The van der Waals surface area contributed by atoms with E-state index in [4.69, 9.17) is 5.73 Å². The van der Waals surface area contributed by atoms with E-state index in [0.29, 0.717) is 11.8 Å². The summed E-state index contributed by atoms with van der Waals surface area (Å²) in [4.78, 5) is 20.4. The summed E-state index contributed by atoms with van der Waals surface area (Å²) >= 11 is 0. The van der Waals surface area contributed by atoms with E-state index in [0.717, 1.165) is 12.1 Å². The van der Waals surface area contributed by atoms with Gasteiger partial charge < -0.3 is 10.8 Å². The highest BCUT2D eigenvalue weighted by Crippen LogP contribution is 2.37. The number of nitrogens with two attached hydrogens (primary N) is 1. The summed E-state index contributed by atoms with van der Waals surface area (Å²) < 4.78 is 1.23. The molecule has 3 N–H and O–H groups in total. The Kier molecular flexibility index (Phi) is 5.31. The topological polar surface area (TPSA) is 198 Å². The van der Waals surface area contributed by atoms with Gasteiger partial charge in [-0.2, -0.15) is 15.6 Å². The van der Waals surface area contributed by atoms with Gasteiger partial charge in [-0.25, -0.2) is 4.68 Å². The maximum atomic E-state index is 11.1. The van der Waals surface area contributed by atoms with Gasteiger partial charge in [-0.3, -0.25) is 20.2 Å². The maximum Gasteiger partial charge on any atom is 0.318 e. The van der Waals surface area contributed by atoms with Crippen LogP contribution >= 0.6 is 0 Å². The number of hydrogen-bond acceptors (Lipinski definition) is 9. The van der Waals surface area contributed by atoms with Gasteiger partial charge >= 0.3 is 5.69 Å². The van der Waals surface area contributed by atoms with Crippen molar-refractivity contribution in [1.29, 1.82) is 10.5 Å². The lowest BCUT2D eigenvalue weighted by Crippen LogP contribution is -2.02. The first kappa shape index (κ1) is 20.5. The molecule has 0 saturated heterocycles. The molecule has 1 heterocycles. The van der Waals surface area contributed by atoms with E-state index < -0.39 is 27.0 Å². The lowest BCUT2D eigenvalue weighted by molar-refractivity contribution is -0.394. The second-order valence-corrected chi connectivity index (χ2v) is 6.05. The molecule has 0 spiro atoms. The fraction of sp³-hybridized carbons (Fsp3) is 0. The number of hydrogen-bond donors (Lipinski definition) is 2. The third kappa shape index (κ3) is 3.72. The number of nitriles is 2. The molecule has 3 rings (SSSR count). The minimum atomic E-state index is -0.992. The first-order valence-corrected chi connectivity index (χ1v) is 8.40. The zero-order valence-electron chi connectivity index (χ0n) is 15.5. The standard InChI is InChI=1S/C19H11N7O5/c20-9-12(6-11-7-14(25(28)29)8-16(18(11)27)26(30)31)17-15(10-21)19(22)24(23-17)13-4-2-1-3-5-13/h1-8,27H,22H2/b12-6+. The van der Waals surface area contributed by atoms with Crippen molar-refractivity contribution in [3.8, 4) is 23.6 Å². The van der Waals surface area contributed by atoms with Crippen LogP contribution in [0.5, 0.6) is 5.75 Å². The highest BCUT2D eigenvalue weighted by molar-refractivity contribution is 5.93. The third-order valence-corrected chi connectivity index (χ3v) is 4.22. The Morgan fingerprint density at radius 2 is 1.84 bits per heavy atom. The predicted octanol–water partition coefficient (Wildman–Crippen LogP) is 2.91. The van der Waals surface area contributed by atoms with Crippen LogP contribution < -0.4 is 5.73 Å². The van der Waals surface area contributed by atoms with Crippen molar-refractivity contribution in [2.24, 2.45) is 0 Å². The number of aromatic hydroxyl groups is 1. The van der Waals surface area contributed by atoms with E-state index in [1.54, 1.807) is 36.4 Å². The first-order chi connectivity index (χ1) is 14.8. The summed E-state index contributed by atoms with van der Waals surface area (Å²) in [7, 11) is 0. The minimum Gasteiger partial charge on any atom is -0.502 e. The third-order valence-electron chi connectivity index (χ3n) is 4.22. The molecule has 0 fully saturated rings. The van der Waals surface area contributed by atoms with Crippen LogP contribution in [0.1, 0.15) is 16.8 Å². The second-order valence-electron chi connectivity index (χ2n) is 6.05. The molecule has 0 aliphatic rings. The maximum absolute atomic E-state index is 11.1.